The molecule has 0 radical (unpaired) electrons. The molecule has 3 amide bonds. The number of esters is 1. The molecule has 0 aromatic heterocycles. The van der Waals surface area contributed by atoms with Gasteiger partial charge in [-0.05, 0) is 19.4 Å². The maximum absolute atomic E-state index is 12.5. The van der Waals surface area contributed by atoms with Crippen molar-refractivity contribution in [2.75, 3.05) is 6.54 Å². The predicted octanol–water partition coefficient (Wildman–Crippen LogP) is 0.909. The molecule has 1 saturated heterocycles. The summed E-state index contributed by atoms with van der Waals surface area (Å²) in [4.78, 5) is 36.9. The van der Waals surface area contributed by atoms with Crippen molar-refractivity contribution in [1.29, 1.82) is 5.26 Å². The Labute approximate surface area is 127 Å². The van der Waals surface area contributed by atoms with Crippen LogP contribution in [0.25, 0.3) is 0 Å². The molecule has 22 heavy (non-hydrogen) atoms. The lowest BCUT2D eigenvalue weighted by atomic mass is 9.92. The molecule has 1 fully saturated rings. The number of hydrogen-bond donors (Lipinski definition) is 1. The number of amides is 3. The molecule has 7 heteroatoms. The zero-order chi connectivity index (χ0) is 16.3. The van der Waals surface area contributed by atoms with Crippen LogP contribution in [0.5, 0.6) is 0 Å². The summed E-state index contributed by atoms with van der Waals surface area (Å²) in [5, 5.41) is 11.2. The van der Waals surface area contributed by atoms with E-state index in [-0.39, 0.29) is 0 Å². The van der Waals surface area contributed by atoms with Gasteiger partial charge in [-0.2, -0.15) is 5.26 Å². The first-order chi connectivity index (χ1) is 10.4. The van der Waals surface area contributed by atoms with E-state index < -0.39 is 36.1 Å². The summed E-state index contributed by atoms with van der Waals surface area (Å²) in [5.41, 5.74) is -0.603. The van der Waals surface area contributed by atoms with Crippen LogP contribution in [-0.2, 0) is 19.9 Å². The van der Waals surface area contributed by atoms with Gasteiger partial charge >= 0.3 is 12.0 Å². The summed E-state index contributed by atoms with van der Waals surface area (Å²) in [7, 11) is 0. The number of urea groups is 1. The van der Waals surface area contributed by atoms with Gasteiger partial charge in [-0.15, -0.1) is 0 Å². The van der Waals surface area contributed by atoms with Crippen LogP contribution in [0, 0.1) is 11.3 Å². The van der Waals surface area contributed by atoms with E-state index in [2.05, 4.69) is 5.32 Å². The van der Waals surface area contributed by atoms with E-state index in [1.165, 1.54) is 6.92 Å². The Hall–Kier alpha value is -2.88. The molecule has 114 valence electrons. The zero-order valence-corrected chi connectivity index (χ0v) is 12.2. The molecule has 2 atom stereocenters. The number of benzene rings is 1. The average Bonchev–Trinajstić information content (AvgIpc) is 2.72. The van der Waals surface area contributed by atoms with Crippen LogP contribution in [0.2, 0.25) is 0 Å². The van der Waals surface area contributed by atoms with Crippen LogP contribution in [0.1, 0.15) is 19.4 Å². The first-order valence-electron chi connectivity index (χ1n) is 6.67. The second kappa shape index (κ2) is 5.85. The summed E-state index contributed by atoms with van der Waals surface area (Å²) >= 11 is 0. The highest BCUT2D eigenvalue weighted by Crippen LogP contribution is 2.28. The lowest BCUT2D eigenvalue weighted by molar-refractivity contribution is -0.149. The van der Waals surface area contributed by atoms with Crippen LogP contribution in [0.3, 0.4) is 0 Å². The van der Waals surface area contributed by atoms with Gasteiger partial charge in [-0.25, -0.2) is 4.79 Å². The Kier molecular flexibility index (Phi) is 4.13. The predicted molar refractivity (Wildman–Crippen MR) is 75.2 cm³/mol. The number of imide groups is 1. The average molecular weight is 301 g/mol. The van der Waals surface area contributed by atoms with Crippen LogP contribution < -0.4 is 5.32 Å². The van der Waals surface area contributed by atoms with E-state index in [1.54, 1.807) is 43.3 Å². The third kappa shape index (κ3) is 2.76. The van der Waals surface area contributed by atoms with Crippen molar-refractivity contribution < 1.29 is 19.1 Å². The number of rotatable bonds is 4. The molecular weight excluding hydrogens is 286 g/mol. The molecule has 1 heterocycles. The molecule has 0 saturated carbocycles. The molecule has 1 aliphatic rings. The summed E-state index contributed by atoms with van der Waals surface area (Å²) < 4.78 is 4.76. The maximum Gasteiger partial charge on any atom is 0.327 e. The Morgan fingerprint density at radius 2 is 2.05 bits per heavy atom. The third-order valence-electron chi connectivity index (χ3n) is 3.40. The lowest BCUT2D eigenvalue weighted by Crippen LogP contribution is -2.41. The van der Waals surface area contributed by atoms with Gasteiger partial charge in [0, 0.05) is 0 Å². The third-order valence-corrected chi connectivity index (χ3v) is 3.40. The van der Waals surface area contributed by atoms with Crippen molar-refractivity contribution in [3.8, 4) is 6.07 Å². The largest absolute Gasteiger partial charge is 0.446 e. The van der Waals surface area contributed by atoms with Gasteiger partial charge in [0.1, 0.15) is 18.2 Å². The van der Waals surface area contributed by atoms with E-state index in [9.17, 15) is 14.4 Å². The second-order valence-electron chi connectivity index (χ2n) is 5.07. The minimum atomic E-state index is -1.22. The van der Waals surface area contributed by atoms with Crippen LogP contribution >= 0.6 is 0 Å². The van der Waals surface area contributed by atoms with E-state index >= 15 is 0 Å². The fraction of sp³-hybridized carbons (Fsp3) is 0.333. The number of carbonyl (C=O) groups is 3. The number of nitrogens with zero attached hydrogens (tertiary/aromatic N) is 2. The SMILES string of the molecule is C[C@H](C#N)OC(=O)CN1C(=O)N[C@@](C)(c2ccccc2)C1=O. The molecule has 0 unspecified atom stereocenters. The van der Waals surface area contributed by atoms with Crippen LogP contribution in [-0.4, -0.2) is 35.5 Å². The molecule has 2 rings (SSSR count). The number of ether oxygens (including phenoxy) is 1. The summed E-state index contributed by atoms with van der Waals surface area (Å²) in [6.07, 6.45) is -0.936. The van der Waals surface area contributed by atoms with Crippen molar-refractivity contribution in [3.63, 3.8) is 0 Å². The topological polar surface area (TPSA) is 99.5 Å². The van der Waals surface area contributed by atoms with Crippen molar-refractivity contribution in [1.82, 2.24) is 10.2 Å². The number of hydrogen-bond acceptors (Lipinski definition) is 5. The van der Waals surface area contributed by atoms with Crippen LogP contribution in [0.15, 0.2) is 30.3 Å². The quantitative estimate of drug-likeness (QED) is 0.658. The van der Waals surface area contributed by atoms with Gasteiger partial charge in [0.15, 0.2) is 6.10 Å². The Balaban J connectivity index is 2.16. The van der Waals surface area contributed by atoms with E-state index in [0.717, 1.165) is 4.90 Å². The molecule has 1 aliphatic heterocycles. The van der Waals surface area contributed by atoms with Crippen molar-refractivity contribution in [2.24, 2.45) is 0 Å². The van der Waals surface area contributed by atoms with Crippen LogP contribution in [0.4, 0.5) is 4.79 Å². The summed E-state index contributed by atoms with van der Waals surface area (Å²) in [6.45, 7) is 2.45. The first-order valence-corrected chi connectivity index (χ1v) is 6.67. The molecule has 0 spiro atoms. The second-order valence-corrected chi connectivity index (χ2v) is 5.07. The van der Waals surface area contributed by atoms with E-state index in [4.69, 9.17) is 10.00 Å². The number of carbonyl (C=O) groups excluding carboxylic acids is 3. The molecule has 0 aliphatic carbocycles. The zero-order valence-electron chi connectivity index (χ0n) is 12.2. The number of nitrogens with one attached hydrogen (secondary N) is 1. The summed E-state index contributed by atoms with van der Waals surface area (Å²) in [5.74, 6) is -1.35. The fourth-order valence-electron chi connectivity index (χ4n) is 2.20. The summed E-state index contributed by atoms with van der Waals surface area (Å²) in [6, 6.07) is 9.82. The highest BCUT2D eigenvalue weighted by Gasteiger charge is 2.49. The Morgan fingerprint density at radius 3 is 2.64 bits per heavy atom. The number of nitriles is 1. The highest BCUT2D eigenvalue weighted by molar-refractivity contribution is 6.08. The first kappa shape index (κ1) is 15.5. The Bertz CT molecular complexity index is 653. The molecule has 7 nitrogen and oxygen atoms in total. The van der Waals surface area contributed by atoms with Crippen molar-refractivity contribution >= 4 is 17.9 Å². The van der Waals surface area contributed by atoms with Gasteiger partial charge in [0.2, 0.25) is 0 Å². The van der Waals surface area contributed by atoms with E-state index in [1.807, 2.05) is 0 Å². The van der Waals surface area contributed by atoms with E-state index in [0.29, 0.717) is 5.56 Å². The molecule has 1 N–H and O–H groups in total. The minimum absolute atomic E-state index is 0.529. The lowest BCUT2D eigenvalue weighted by Gasteiger charge is -2.22. The molecule has 1 aromatic rings. The highest BCUT2D eigenvalue weighted by atomic mass is 16.5. The van der Waals surface area contributed by atoms with Gasteiger partial charge < -0.3 is 10.1 Å². The van der Waals surface area contributed by atoms with Gasteiger partial charge in [-0.3, -0.25) is 14.5 Å². The molecule has 0 bridgehead atoms. The van der Waals surface area contributed by atoms with Gasteiger partial charge in [-0.1, -0.05) is 30.3 Å². The normalized spacial score (nSPS) is 22.0. The van der Waals surface area contributed by atoms with Crippen molar-refractivity contribution in [2.45, 2.75) is 25.5 Å². The van der Waals surface area contributed by atoms with Gasteiger partial charge in [0.25, 0.3) is 5.91 Å². The monoisotopic (exact) mass is 301 g/mol. The minimum Gasteiger partial charge on any atom is -0.446 e. The maximum atomic E-state index is 12.5. The molecular formula is C15H15N3O4. The van der Waals surface area contributed by atoms with Crippen molar-refractivity contribution in [3.05, 3.63) is 35.9 Å². The standard InChI is InChI=1S/C15H15N3O4/c1-10(8-16)22-12(19)9-18-13(20)15(2,17-14(18)21)11-6-4-3-5-7-11/h3-7,10H,9H2,1-2H3,(H,17,21)/t10-,15+/m1/s1. The van der Waals surface area contributed by atoms with Gasteiger partial charge in [0.05, 0.1) is 0 Å². The fourth-order valence-corrected chi connectivity index (χ4v) is 2.20. The smallest absolute Gasteiger partial charge is 0.327 e. The Morgan fingerprint density at radius 1 is 1.41 bits per heavy atom. The molecule has 1 aromatic carbocycles.